The number of hydrogen-bond donors (Lipinski definition) is 0. The van der Waals surface area contributed by atoms with Gasteiger partial charge in [-0.05, 0) is 114 Å². The molecule has 0 saturated heterocycles. The summed E-state index contributed by atoms with van der Waals surface area (Å²) < 4.78 is 9.34. The van der Waals surface area contributed by atoms with E-state index in [-0.39, 0.29) is 48.1 Å². The number of benzene rings is 7. The smallest absolute Gasteiger partial charge is 0.135 e. The molecule has 0 spiro atoms. The van der Waals surface area contributed by atoms with E-state index in [1.54, 1.807) is 0 Å². The van der Waals surface area contributed by atoms with Crippen LogP contribution in [-0.4, -0.2) is 9.55 Å². The number of rotatable bonds is 9. The molecule has 0 radical (unpaired) electrons. The van der Waals surface area contributed by atoms with Crippen LogP contribution in [0.4, 0.5) is 22.7 Å². The van der Waals surface area contributed by atoms with Crippen LogP contribution in [0.5, 0.6) is 11.5 Å². The second kappa shape index (κ2) is 19.5. The zero-order chi connectivity index (χ0) is 53.6. The number of aromatic nitrogens is 2. The largest absolute Gasteiger partial charge is 0.509 e. The monoisotopic (exact) mass is 1180 g/mol. The van der Waals surface area contributed by atoms with E-state index in [0.29, 0.717) is 11.5 Å². The summed E-state index contributed by atoms with van der Waals surface area (Å²) in [4.78, 5) is 9.71. The maximum Gasteiger partial charge on any atom is 0.135 e. The molecule has 2 aromatic heterocycles. The second-order valence-electron chi connectivity index (χ2n) is 26.1. The molecule has 6 heteroatoms. The van der Waals surface area contributed by atoms with E-state index in [4.69, 9.17) is 9.72 Å². The average molecular weight is 1180 g/mol. The molecule has 0 bridgehead atoms. The molecule has 0 unspecified atom stereocenters. The Labute approximate surface area is 468 Å². The molecular formula is C70H75N4OPt-3. The molecule has 7 aromatic carbocycles. The summed E-state index contributed by atoms with van der Waals surface area (Å²) in [5, 5.41) is 2.22. The Bertz CT molecular complexity index is 3600. The summed E-state index contributed by atoms with van der Waals surface area (Å²) in [5.41, 5.74) is 15.1. The minimum Gasteiger partial charge on any atom is -0.509 e. The van der Waals surface area contributed by atoms with Gasteiger partial charge < -0.3 is 19.1 Å². The number of fused-ring (bicyclic) bond motifs is 4. The van der Waals surface area contributed by atoms with Gasteiger partial charge in [0.15, 0.2) is 0 Å². The summed E-state index contributed by atoms with van der Waals surface area (Å²) in [6, 6.07) is 63.0. The van der Waals surface area contributed by atoms with Crippen molar-refractivity contribution in [3.8, 4) is 17.3 Å². The van der Waals surface area contributed by atoms with Gasteiger partial charge in [0.05, 0.1) is 0 Å². The fourth-order valence-electron chi connectivity index (χ4n) is 10.8. The Hall–Kier alpha value is -6.42. The molecule has 0 saturated carbocycles. The van der Waals surface area contributed by atoms with Crippen LogP contribution < -0.4 is 14.5 Å². The van der Waals surface area contributed by atoms with Crippen LogP contribution in [0.15, 0.2) is 158 Å². The first-order chi connectivity index (χ1) is 35.2. The molecule has 0 amide bonds. The molecular weight excluding hydrogens is 1110 g/mol. The van der Waals surface area contributed by atoms with Gasteiger partial charge in [0.2, 0.25) is 0 Å². The number of nitrogens with zero attached hydrogens (tertiary/aromatic N) is 4. The zero-order valence-electron chi connectivity index (χ0n) is 47.6. The van der Waals surface area contributed by atoms with Gasteiger partial charge in [-0.2, -0.15) is 6.07 Å². The van der Waals surface area contributed by atoms with Crippen LogP contribution in [0.3, 0.4) is 0 Å². The van der Waals surface area contributed by atoms with E-state index in [2.05, 4.69) is 290 Å². The number of hydrogen-bond acceptors (Lipinski definition) is 4. The molecule has 5 nitrogen and oxygen atoms in total. The summed E-state index contributed by atoms with van der Waals surface area (Å²) in [7, 11) is 0. The van der Waals surface area contributed by atoms with Gasteiger partial charge in [-0.3, -0.25) is 0 Å². The predicted octanol–water partition coefficient (Wildman–Crippen LogP) is 18.8. The van der Waals surface area contributed by atoms with E-state index in [1.165, 1.54) is 38.9 Å². The van der Waals surface area contributed by atoms with Crippen molar-refractivity contribution in [2.24, 2.45) is 0 Å². The normalized spacial score (nSPS) is 13.6. The van der Waals surface area contributed by atoms with Crippen molar-refractivity contribution in [1.82, 2.24) is 9.55 Å². The SMILES string of the molecule is CC(C)(C)c1cc(N2[CH-]N(c3[c-]c(Oc4[c-]c5c(cc4)c4ccccc4n5-c4cc(C(C)(C)C)ccn4)cc(C(C)(C)c4ccccc4)c3)c3cc(C(C)(C)C)c(C(C)(C)C)cc32)cc(C(C)(C)c2ccccc2)c1.[Pt]. The fourth-order valence-corrected chi connectivity index (χ4v) is 10.8. The third kappa shape index (κ3) is 10.2. The minimum absolute atomic E-state index is 0. The maximum absolute atomic E-state index is 7.11. The molecule has 76 heavy (non-hydrogen) atoms. The van der Waals surface area contributed by atoms with Gasteiger partial charge >= 0.3 is 0 Å². The quantitative estimate of drug-likeness (QED) is 0.135. The van der Waals surface area contributed by atoms with Crippen LogP contribution in [0.2, 0.25) is 0 Å². The number of pyridine rings is 1. The first-order valence-corrected chi connectivity index (χ1v) is 26.8. The first-order valence-electron chi connectivity index (χ1n) is 26.8. The number of ether oxygens (including phenoxy) is 1. The van der Waals surface area contributed by atoms with Crippen molar-refractivity contribution in [3.63, 3.8) is 0 Å². The Balaban J connectivity index is 0.00000706. The van der Waals surface area contributed by atoms with E-state index < -0.39 is 5.41 Å². The maximum atomic E-state index is 7.11. The Morgan fingerprint density at radius 1 is 0.434 bits per heavy atom. The Morgan fingerprint density at radius 3 is 1.55 bits per heavy atom. The molecule has 10 rings (SSSR count). The molecule has 1 aliphatic rings. The summed E-state index contributed by atoms with van der Waals surface area (Å²) in [5.74, 6) is 2.05. The number of anilines is 4. The number of para-hydroxylation sites is 1. The van der Waals surface area contributed by atoms with Crippen LogP contribution >= 0.6 is 0 Å². The summed E-state index contributed by atoms with van der Waals surface area (Å²) >= 11 is 0. The first kappa shape index (κ1) is 54.4. The molecule has 1 aliphatic heterocycles. The standard InChI is InChI=1S/C70H75N4O.Pt/c1-65(2,3)48-33-34-71-64(40-48)74-60-30-24-23-29-56(60)57-32-31-54(42-61(57)74)75-55-39-51(70(15,16)47-27-21-18-22-28-47)38-53(41-55)73-45-72(62-43-58(67(7,8)9)59(44-63(62)73)68(10,11)12)52-36-49(66(4,5)6)35-50(37-52)69(13,14)46-25-19-17-20-26-46;/h17-40,43-45H,1-16H3;/q-3;. The minimum atomic E-state index is -0.402. The van der Waals surface area contributed by atoms with Crippen molar-refractivity contribution in [2.75, 3.05) is 9.80 Å². The third-order valence-electron chi connectivity index (χ3n) is 15.7. The average Bonchev–Trinajstić information content (AvgIpc) is 3.91. The zero-order valence-corrected chi connectivity index (χ0v) is 49.9. The van der Waals surface area contributed by atoms with Crippen molar-refractivity contribution in [2.45, 2.75) is 143 Å². The predicted molar refractivity (Wildman–Crippen MR) is 316 cm³/mol. The fraction of sp³-hybridized carbons (Fsp3) is 0.314. The van der Waals surface area contributed by atoms with E-state index in [1.807, 2.05) is 12.3 Å². The van der Waals surface area contributed by atoms with Crippen molar-refractivity contribution in [1.29, 1.82) is 0 Å². The van der Waals surface area contributed by atoms with E-state index in [0.717, 1.165) is 55.9 Å². The molecule has 394 valence electrons. The van der Waals surface area contributed by atoms with Crippen LogP contribution in [0.25, 0.3) is 27.6 Å². The van der Waals surface area contributed by atoms with Crippen LogP contribution in [0, 0.1) is 18.8 Å². The van der Waals surface area contributed by atoms with Crippen LogP contribution in [-0.2, 0) is 53.6 Å². The molecule has 9 aromatic rings. The molecule has 0 fully saturated rings. The van der Waals surface area contributed by atoms with Crippen molar-refractivity contribution in [3.05, 3.63) is 221 Å². The third-order valence-corrected chi connectivity index (χ3v) is 15.7. The second-order valence-corrected chi connectivity index (χ2v) is 26.1. The van der Waals surface area contributed by atoms with Gasteiger partial charge in [-0.1, -0.05) is 201 Å². The van der Waals surface area contributed by atoms with E-state index in [9.17, 15) is 0 Å². The summed E-state index contributed by atoms with van der Waals surface area (Å²) in [6.45, 7) is 39.3. The van der Waals surface area contributed by atoms with Gasteiger partial charge in [0.1, 0.15) is 5.82 Å². The Kier molecular flexibility index (Phi) is 14.0. The molecule has 0 aliphatic carbocycles. The Morgan fingerprint density at radius 2 is 0.974 bits per heavy atom. The van der Waals surface area contributed by atoms with Gasteiger partial charge in [0.25, 0.3) is 0 Å². The van der Waals surface area contributed by atoms with Crippen molar-refractivity contribution < 1.29 is 25.8 Å². The topological polar surface area (TPSA) is 33.5 Å². The molecule has 0 N–H and O–H groups in total. The van der Waals surface area contributed by atoms with Gasteiger partial charge in [0, 0.05) is 66.8 Å². The van der Waals surface area contributed by atoms with E-state index >= 15 is 0 Å². The van der Waals surface area contributed by atoms with Gasteiger partial charge in [-0.25, -0.2) is 4.98 Å². The molecule has 3 heterocycles. The van der Waals surface area contributed by atoms with Crippen molar-refractivity contribution >= 4 is 44.6 Å². The van der Waals surface area contributed by atoms with Gasteiger partial charge in [-0.15, -0.1) is 53.6 Å². The van der Waals surface area contributed by atoms with Crippen LogP contribution in [0.1, 0.15) is 155 Å². The molecule has 0 atom stereocenters. The summed E-state index contributed by atoms with van der Waals surface area (Å²) in [6.07, 6.45) is 1.92.